The van der Waals surface area contributed by atoms with Crippen LogP contribution in [-0.2, 0) is 4.79 Å². The van der Waals surface area contributed by atoms with Crippen molar-refractivity contribution < 1.29 is 9.18 Å². The number of halogens is 1. The highest BCUT2D eigenvalue weighted by Gasteiger charge is 2.39. The second-order valence-corrected chi connectivity index (χ2v) is 6.03. The Kier molecular flexibility index (Phi) is 4.92. The summed E-state index contributed by atoms with van der Waals surface area (Å²) >= 11 is 0. The number of hydrogen-bond acceptors (Lipinski definition) is 2. The van der Waals surface area contributed by atoms with Crippen molar-refractivity contribution in [2.24, 2.45) is 0 Å². The molecule has 0 bridgehead atoms. The molecular formula is C17H24FNO. The molecule has 1 heterocycles. The van der Waals surface area contributed by atoms with E-state index in [1.807, 2.05) is 31.2 Å². The van der Waals surface area contributed by atoms with Gasteiger partial charge in [0.15, 0.2) is 12.0 Å². The highest BCUT2D eigenvalue weighted by atomic mass is 19.1. The van der Waals surface area contributed by atoms with Crippen LogP contribution in [0.1, 0.15) is 49.8 Å². The zero-order valence-corrected chi connectivity index (χ0v) is 12.4. The van der Waals surface area contributed by atoms with Crippen LogP contribution in [0.15, 0.2) is 24.3 Å². The van der Waals surface area contributed by atoms with Crippen LogP contribution in [0.25, 0.3) is 0 Å². The Balaban J connectivity index is 2.33. The van der Waals surface area contributed by atoms with Crippen molar-refractivity contribution in [1.82, 2.24) is 4.90 Å². The molecule has 110 valence electrons. The molecule has 1 fully saturated rings. The predicted molar refractivity (Wildman–Crippen MR) is 79.5 cm³/mol. The van der Waals surface area contributed by atoms with Crippen LogP contribution in [0.5, 0.6) is 0 Å². The Morgan fingerprint density at radius 3 is 2.20 bits per heavy atom. The van der Waals surface area contributed by atoms with Gasteiger partial charge in [-0.1, -0.05) is 42.7 Å². The molecule has 0 radical (unpaired) electrons. The zero-order valence-electron chi connectivity index (χ0n) is 12.4. The van der Waals surface area contributed by atoms with Crippen LogP contribution in [0.2, 0.25) is 0 Å². The number of benzene rings is 1. The summed E-state index contributed by atoms with van der Waals surface area (Å²) in [6.45, 7) is 5.15. The van der Waals surface area contributed by atoms with E-state index in [0.717, 1.165) is 37.1 Å². The number of aldehydes is 1. The number of alkyl halides is 1. The normalized spacial score (nSPS) is 21.8. The molecule has 0 aliphatic carbocycles. The first kappa shape index (κ1) is 15.2. The molecule has 0 saturated carbocycles. The maximum absolute atomic E-state index is 14.8. The minimum absolute atomic E-state index is 0.461. The lowest BCUT2D eigenvalue weighted by Crippen LogP contribution is -2.43. The number of hydrogen-bond donors (Lipinski definition) is 0. The molecule has 1 saturated heterocycles. The van der Waals surface area contributed by atoms with E-state index in [1.54, 1.807) is 0 Å². The molecule has 0 amide bonds. The van der Waals surface area contributed by atoms with E-state index in [4.69, 9.17) is 0 Å². The van der Waals surface area contributed by atoms with Gasteiger partial charge >= 0.3 is 0 Å². The number of aryl methyl sites for hydroxylation is 1. The van der Waals surface area contributed by atoms with Gasteiger partial charge < -0.3 is 0 Å². The standard InChI is InChI=1S/C17H24FNO/c1-14-7-9-15(10-8-14)16(17(2,18)13-20)19-11-5-3-4-6-12-19/h7-10,13,16H,3-6,11-12H2,1-2H3. The second-order valence-electron chi connectivity index (χ2n) is 6.03. The van der Waals surface area contributed by atoms with E-state index in [2.05, 4.69) is 4.90 Å². The van der Waals surface area contributed by atoms with Crippen LogP contribution in [-0.4, -0.2) is 29.9 Å². The van der Waals surface area contributed by atoms with E-state index in [1.165, 1.54) is 19.8 Å². The highest BCUT2D eigenvalue weighted by Crippen LogP contribution is 2.35. The fraction of sp³-hybridized carbons (Fsp3) is 0.588. The van der Waals surface area contributed by atoms with Crippen molar-refractivity contribution in [1.29, 1.82) is 0 Å². The molecule has 3 heteroatoms. The molecule has 1 aromatic rings. The summed E-state index contributed by atoms with van der Waals surface area (Å²) in [5.74, 6) is 0. The molecule has 0 N–H and O–H groups in total. The van der Waals surface area contributed by atoms with E-state index < -0.39 is 11.7 Å². The van der Waals surface area contributed by atoms with Gasteiger partial charge in [0, 0.05) is 0 Å². The molecule has 2 rings (SSSR count). The summed E-state index contributed by atoms with van der Waals surface area (Å²) in [5, 5.41) is 0. The Hall–Kier alpha value is -1.22. The minimum Gasteiger partial charge on any atom is -0.300 e. The number of carbonyl (C=O) groups excluding carboxylic acids is 1. The molecule has 1 aromatic carbocycles. The summed E-state index contributed by atoms with van der Waals surface area (Å²) in [6, 6.07) is 7.40. The number of nitrogens with zero attached hydrogens (tertiary/aromatic N) is 1. The average molecular weight is 277 g/mol. The van der Waals surface area contributed by atoms with Gasteiger partial charge in [0.25, 0.3) is 0 Å². The van der Waals surface area contributed by atoms with E-state index in [-0.39, 0.29) is 0 Å². The third-order valence-electron chi connectivity index (χ3n) is 4.16. The predicted octanol–water partition coefficient (Wildman–Crippen LogP) is 3.84. The van der Waals surface area contributed by atoms with Crippen molar-refractivity contribution in [3.63, 3.8) is 0 Å². The van der Waals surface area contributed by atoms with Crippen LogP contribution < -0.4 is 0 Å². The molecule has 1 aliphatic heterocycles. The van der Waals surface area contributed by atoms with Crippen molar-refractivity contribution >= 4 is 6.29 Å². The first-order chi connectivity index (χ1) is 9.54. The smallest absolute Gasteiger partial charge is 0.182 e. The average Bonchev–Trinajstić information content (AvgIpc) is 2.70. The van der Waals surface area contributed by atoms with Gasteiger partial charge in [0.2, 0.25) is 0 Å². The van der Waals surface area contributed by atoms with Crippen molar-refractivity contribution in [3.8, 4) is 0 Å². The number of rotatable bonds is 4. The minimum atomic E-state index is -1.85. The van der Waals surface area contributed by atoms with Gasteiger partial charge in [-0.25, -0.2) is 4.39 Å². The number of likely N-dealkylation sites (tertiary alicyclic amines) is 1. The van der Waals surface area contributed by atoms with Gasteiger partial charge in [-0.15, -0.1) is 0 Å². The molecule has 0 aromatic heterocycles. The molecule has 2 unspecified atom stereocenters. The van der Waals surface area contributed by atoms with Crippen LogP contribution >= 0.6 is 0 Å². The lowest BCUT2D eigenvalue weighted by atomic mass is 9.90. The first-order valence-corrected chi connectivity index (χ1v) is 7.50. The lowest BCUT2D eigenvalue weighted by molar-refractivity contribution is -0.121. The lowest BCUT2D eigenvalue weighted by Gasteiger charge is -2.36. The molecule has 2 atom stereocenters. The summed E-state index contributed by atoms with van der Waals surface area (Å²) < 4.78 is 14.8. The topological polar surface area (TPSA) is 20.3 Å². The van der Waals surface area contributed by atoms with E-state index >= 15 is 0 Å². The monoisotopic (exact) mass is 277 g/mol. The maximum Gasteiger partial charge on any atom is 0.182 e. The van der Waals surface area contributed by atoms with Crippen LogP contribution in [0.3, 0.4) is 0 Å². The fourth-order valence-corrected chi connectivity index (χ4v) is 3.06. The third-order valence-corrected chi connectivity index (χ3v) is 4.16. The highest BCUT2D eigenvalue weighted by molar-refractivity contribution is 5.64. The van der Waals surface area contributed by atoms with Crippen LogP contribution in [0, 0.1) is 6.92 Å². The molecule has 2 nitrogen and oxygen atoms in total. The summed E-state index contributed by atoms with van der Waals surface area (Å²) in [4.78, 5) is 13.4. The van der Waals surface area contributed by atoms with Crippen LogP contribution in [0.4, 0.5) is 4.39 Å². The largest absolute Gasteiger partial charge is 0.300 e. The Morgan fingerprint density at radius 2 is 1.70 bits per heavy atom. The fourth-order valence-electron chi connectivity index (χ4n) is 3.06. The van der Waals surface area contributed by atoms with Gasteiger partial charge in [-0.2, -0.15) is 0 Å². The Labute approximate surface area is 121 Å². The summed E-state index contributed by atoms with van der Waals surface area (Å²) in [6.07, 6.45) is 5.01. The summed E-state index contributed by atoms with van der Waals surface area (Å²) in [5.41, 5.74) is 0.198. The van der Waals surface area contributed by atoms with Gasteiger partial charge in [-0.3, -0.25) is 9.69 Å². The second kappa shape index (κ2) is 6.49. The summed E-state index contributed by atoms with van der Waals surface area (Å²) in [7, 11) is 0. The SMILES string of the molecule is Cc1ccc(C(N2CCCCCC2)C(C)(F)C=O)cc1. The Bertz CT molecular complexity index is 433. The van der Waals surface area contributed by atoms with Gasteiger partial charge in [0.05, 0.1) is 6.04 Å². The quantitative estimate of drug-likeness (QED) is 0.779. The number of carbonyl (C=O) groups is 1. The maximum atomic E-state index is 14.8. The van der Waals surface area contributed by atoms with Gasteiger partial charge in [0.1, 0.15) is 0 Å². The van der Waals surface area contributed by atoms with Crippen molar-refractivity contribution in [2.75, 3.05) is 13.1 Å². The molecule has 20 heavy (non-hydrogen) atoms. The van der Waals surface area contributed by atoms with Crippen molar-refractivity contribution in [3.05, 3.63) is 35.4 Å². The van der Waals surface area contributed by atoms with Crippen molar-refractivity contribution in [2.45, 2.75) is 51.2 Å². The van der Waals surface area contributed by atoms with E-state index in [9.17, 15) is 9.18 Å². The zero-order chi connectivity index (χ0) is 14.6. The Morgan fingerprint density at radius 1 is 1.15 bits per heavy atom. The third kappa shape index (κ3) is 3.45. The van der Waals surface area contributed by atoms with E-state index in [0.29, 0.717) is 6.29 Å². The van der Waals surface area contributed by atoms with Gasteiger partial charge in [-0.05, 0) is 45.3 Å². The molecule has 0 spiro atoms. The first-order valence-electron chi connectivity index (χ1n) is 7.50. The molecular weight excluding hydrogens is 253 g/mol. The molecule has 1 aliphatic rings.